The molecule has 19 heavy (non-hydrogen) atoms. The third-order valence-corrected chi connectivity index (χ3v) is 3.44. The number of ether oxygens (including phenoxy) is 1. The third-order valence-electron chi connectivity index (χ3n) is 3.44. The molecule has 1 aromatic carbocycles. The molecular formula is C16H20N2O. The summed E-state index contributed by atoms with van der Waals surface area (Å²) in [6, 6.07) is 8.31. The average molecular weight is 256 g/mol. The summed E-state index contributed by atoms with van der Waals surface area (Å²) in [5.74, 6) is 1.57. The fourth-order valence-electron chi connectivity index (χ4n) is 2.37. The highest BCUT2D eigenvalue weighted by atomic mass is 16.5. The van der Waals surface area contributed by atoms with Crippen LogP contribution in [0.2, 0.25) is 0 Å². The van der Waals surface area contributed by atoms with Crippen molar-refractivity contribution >= 4 is 16.6 Å². The lowest BCUT2D eigenvalue weighted by Crippen LogP contribution is -2.05. The minimum Gasteiger partial charge on any atom is -0.491 e. The van der Waals surface area contributed by atoms with Crippen LogP contribution in [0.15, 0.2) is 24.3 Å². The Bertz CT molecular complexity index is 603. The van der Waals surface area contributed by atoms with Gasteiger partial charge in [-0.2, -0.15) is 0 Å². The molecule has 2 aromatic rings. The number of aromatic nitrogens is 1. The summed E-state index contributed by atoms with van der Waals surface area (Å²) in [5.41, 5.74) is 3.40. The summed E-state index contributed by atoms with van der Waals surface area (Å²) in [6.07, 6.45) is 2.74. The number of fused-ring (bicyclic) bond motifs is 1. The Morgan fingerprint density at radius 1 is 1.26 bits per heavy atom. The summed E-state index contributed by atoms with van der Waals surface area (Å²) in [6.45, 7) is 4.08. The Balaban J connectivity index is 2.08. The zero-order chi connectivity index (χ0) is 13.4. The molecular weight excluding hydrogens is 236 g/mol. The number of nitrogens with one attached hydrogen (secondary N) is 1. The summed E-state index contributed by atoms with van der Waals surface area (Å²) >= 11 is 0. The summed E-state index contributed by atoms with van der Waals surface area (Å²) < 4.78 is 5.76. The van der Waals surface area contributed by atoms with Gasteiger partial charge in [-0.15, -0.1) is 0 Å². The first-order chi connectivity index (χ1) is 9.17. The van der Waals surface area contributed by atoms with Gasteiger partial charge in [0.2, 0.25) is 0 Å². The van der Waals surface area contributed by atoms with Crippen LogP contribution in [-0.4, -0.2) is 18.1 Å². The van der Waals surface area contributed by atoms with E-state index in [0.29, 0.717) is 5.92 Å². The number of rotatable bonds is 4. The Kier molecular flexibility index (Phi) is 3.05. The summed E-state index contributed by atoms with van der Waals surface area (Å²) in [5, 5.41) is 4.41. The highest BCUT2D eigenvalue weighted by Gasteiger charge is 2.25. The molecule has 0 bridgehead atoms. The molecule has 1 aliphatic carbocycles. The maximum absolute atomic E-state index is 5.76. The molecule has 1 fully saturated rings. The highest BCUT2D eigenvalue weighted by Crippen LogP contribution is 2.41. The largest absolute Gasteiger partial charge is 0.491 e. The molecule has 0 unspecified atom stereocenters. The number of benzene rings is 1. The molecule has 3 heteroatoms. The Morgan fingerprint density at radius 3 is 2.68 bits per heavy atom. The van der Waals surface area contributed by atoms with Crippen LogP contribution in [0, 0.1) is 0 Å². The zero-order valence-electron chi connectivity index (χ0n) is 11.7. The molecule has 1 N–H and O–H groups in total. The fourth-order valence-corrected chi connectivity index (χ4v) is 2.37. The highest BCUT2D eigenvalue weighted by molar-refractivity contribution is 5.92. The van der Waals surface area contributed by atoms with Crippen molar-refractivity contribution in [3.63, 3.8) is 0 Å². The van der Waals surface area contributed by atoms with Gasteiger partial charge in [0.05, 0.1) is 11.6 Å². The molecule has 0 saturated heterocycles. The summed E-state index contributed by atoms with van der Waals surface area (Å²) in [4.78, 5) is 4.77. The van der Waals surface area contributed by atoms with Gasteiger partial charge in [0.25, 0.3) is 0 Å². The second-order valence-corrected chi connectivity index (χ2v) is 5.46. The molecule has 0 aliphatic heterocycles. The standard InChI is InChI=1S/C16H20N2O/c1-10(2)19-12-6-7-14-13(8-12)16(17-3)9-15(18-14)11-4-5-11/h6-11H,4-5H2,1-3H3,(H,17,18). The van der Waals surface area contributed by atoms with Gasteiger partial charge in [-0.25, -0.2) is 0 Å². The normalized spacial score (nSPS) is 14.9. The number of hydrogen-bond acceptors (Lipinski definition) is 3. The van der Waals surface area contributed by atoms with Crippen LogP contribution in [0.4, 0.5) is 5.69 Å². The van der Waals surface area contributed by atoms with Crippen molar-refractivity contribution in [1.82, 2.24) is 4.98 Å². The van der Waals surface area contributed by atoms with Crippen molar-refractivity contribution in [1.29, 1.82) is 0 Å². The zero-order valence-corrected chi connectivity index (χ0v) is 11.7. The van der Waals surface area contributed by atoms with E-state index in [4.69, 9.17) is 9.72 Å². The maximum atomic E-state index is 5.76. The lowest BCUT2D eigenvalue weighted by Gasteiger charge is -2.13. The van der Waals surface area contributed by atoms with E-state index in [0.717, 1.165) is 22.3 Å². The second kappa shape index (κ2) is 4.72. The molecule has 3 rings (SSSR count). The van der Waals surface area contributed by atoms with Gasteiger partial charge < -0.3 is 10.1 Å². The molecule has 1 saturated carbocycles. The maximum Gasteiger partial charge on any atom is 0.120 e. The van der Waals surface area contributed by atoms with Crippen LogP contribution in [-0.2, 0) is 0 Å². The van der Waals surface area contributed by atoms with Crippen LogP contribution in [0.25, 0.3) is 10.9 Å². The molecule has 0 atom stereocenters. The van der Waals surface area contributed by atoms with Crippen LogP contribution in [0.3, 0.4) is 0 Å². The van der Waals surface area contributed by atoms with Crippen molar-refractivity contribution in [2.24, 2.45) is 0 Å². The van der Waals surface area contributed by atoms with E-state index in [1.807, 2.05) is 27.0 Å². The van der Waals surface area contributed by atoms with Crippen molar-refractivity contribution in [2.45, 2.75) is 38.7 Å². The first-order valence-corrected chi connectivity index (χ1v) is 6.96. The minimum atomic E-state index is 0.189. The SMILES string of the molecule is CNc1cc(C2CC2)nc2ccc(OC(C)C)cc12. The monoisotopic (exact) mass is 256 g/mol. The lowest BCUT2D eigenvalue weighted by molar-refractivity contribution is 0.243. The lowest BCUT2D eigenvalue weighted by atomic mass is 10.1. The van der Waals surface area contributed by atoms with Crippen LogP contribution < -0.4 is 10.1 Å². The van der Waals surface area contributed by atoms with Gasteiger partial charge in [0, 0.05) is 29.7 Å². The molecule has 0 radical (unpaired) electrons. The molecule has 1 aliphatic rings. The summed E-state index contributed by atoms with van der Waals surface area (Å²) in [7, 11) is 1.96. The average Bonchev–Trinajstić information content (AvgIpc) is 3.21. The molecule has 0 amide bonds. The Labute approximate surface area is 114 Å². The molecule has 0 spiro atoms. The van der Waals surface area contributed by atoms with Gasteiger partial charge in [0.15, 0.2) is 0 Å². The number of pyridine rings is 1. The van der Waals surface area contributed by atoms with Gasteiger partial charge >= 0.3 is 0 Å². The quantitative estimate of drug-likeness (QED) is 0.899. The van der Waals surface area contributed by atoms with Gasteiger partial charge in [0.1, 0.15) is 5.75 Å². The van der Waals surface area contributed by atoms with Crippen LogP contribution >= 0.6 is 0 Å². The molecule has 1 aromatic heterocycles. The van der Waals surface area contributed by atoms with Gasteiger partial charge in [-0.05, 0) is 51.0 Å². The van der Waals surface area contributed by atoms with E-state index in [1.165, 1.54) is 18.5 Å². The molecule has 100 valence electrons. The predicted molar refractivity (Wildman–Crippen MR) is 79.0 cm³/mol. The Morgan fingerprint density at radius 2 is 2.05 bits per heavy atom. The predicted octanol–water partition coefficient (Wildman–Crippen LogP) is 3.94. The Hall–Kier alpha value is -1.77. The first kappa shape index (κ1) is 12.3. The van der Waals surface area contributed by atoms with E-state index in [9.17, 15) is 0 Å². The van der Waals surface area contributed by atoms with E-state index in [2.05, 4.69) is 23.5 Å². The van der Waals surface area contributed by atoms with E-state index < -0.39 is 0 Å². The third kappa shape index (κ3) is 2.50. The van der Waals surface area contributed by atoms with E-state index in [-0.39, 0.29) is 6.10 Å². The molecule has 3 nitrogen and oxygen atoms in total. The van der Waals surface area contributed by atoms with Crippen molar-refractivity contribution in [3.8, 4) is 5.75 Å². The molecule has 1 heterocycles. The minimum absolute atomic E-state index is 0.189. The van der Waals surface area contributed by atoms with Crippen LogP contribution in [0.1, 0.15) is 38.3 Å². The fraction of sp³-hybridized carbons (Fsp3) is 0.438. The number of nitrogens with zero attached hydrogens (tertiary/aromatic N) is 1. The van der Waals surface area contributed by atoms with Crippen LogP contribution in [0.5, 0.6) is 5.75 Å². The van der Waals surface area contributed by atoms with Crippen molar-refractivity contribution in [3.05, 3.63) is 30.0 Å². The van der Waals surface area contributed by atoms with Gasteiger partial charge in [-0.1, -0.05) is 0 Å². The second-order valence-electron chi connectivity index (χ2n) is 5.46. The number of hydrogen-bond donors (Lipinski definition) is 1. The topological polar surface area (TPSA) is 34.2 Å². The first-order valence-electron chi connectivity index (χ1n) is 6.96. The van der Waals surface area contributed by atoms with E-state index in [1.54, 1.807) is 0 Å². The van der Waals surface area contributed by atoms with Crippen molar-refractivity contribution < 1.29 is 4.74 Å². The van der Waals surface area contributed by atoms with Gasteiger partial charge in [-0.3, -0.25) is 4.98 Å². The smallest absolute Gasteiger partial charge is 0.120 e. The van der Waals surface area contributed by atoms with E-state index >= 15 is 0 Å². The number of anilines is 1. The van der Waals surface area contributed by atoms with Crippen molar-refractivity contribution in [2.75, 3.05) is 12.4 Å².